The number of carbonyl (C=O) groups is 3. The van der Waals surface area contributed by atoms with Crippen LogP contribution in [-0.2, 0) is 4.79 Å². The summed E-state index contributed by atoms with van der Waals surface area (Å²) < 4.78 is 0. The summed E-state index contributed by atoms with van der Waals surface area (Å²) in [6.45, 7) is 6.84. The number of rotatable bonds is 2. The van der Waals surface area contributed by atoms with Gasteiger partial charge in [-0.15, -0.1) is 0 Å². The van der Waals surface area contributed by atoms with Gasteiger partial charge in [0, 0.05) is 12.0 Å². The molecule has 0 fully saturated rings. The van der Waals surface area contributed by atoms with Crippen molar-refractivity contribution in [2.75, 3.05) is 0 Å². The van der Waals surface area contributed by atoms with Gasteiger partial charge in [-0.1, -0.05) is 13.8 Å². The van der Waals surface area contributed by atoms with E-state index in [0.29, 0.717) is 11.4 Å². The molecule has 0 radical (unpaired) electrons. The molecule has 0 saturated heterocycles. The van der Waals surface area contributed by atoms with Crippen molar-refractivity contribution in [1.82, 2.24) is 15.3 Å². The van der Waals surface area contributed by atoms with Crippen LogP contribution in [0.25, 0.3) is 0 Å². The van der Waals surface area contributed by atoms with Gasteiger partial charge in [-0.3, -0.25) is 14.4 Å². The van der Waals surface area contributed by atoms with E-state index in [2.05, 4.69) is 15.3 Å². The fourth-order valence-electron chi connectivity index (χ4n) is 1.70. The van der Waals surface area contributed by atoms with Gasteiger partial charge in [-0.05, 0) is 13.8 Å². The Hall–Kier alpha value is -2.37. The zero-order chi connectivity index (χ0) is 15.0. The van der Waals surface area contributed by atoms with Crippen molar-refractivity contribution in [2.24, 2.45) is 5.92 Å². The standard InChI is InChI=1S/C14H15N3O3/c1-6(2)14(20)17-9-5-10(18)11-12(13(9)19)16-8(4)7(3)15-11/h5-6H,1-4H3,(H,17,20). The summed E-state index contributed by atoms with van der Waals surface area (Å²) in [5, 5.41) is 2.46. The van der Waals surface area contributed by atoms with Crippen LogP contribution in [-0.4, -0.2) is 27.4 Å². The van der Waals surface area contributed by atoms with Crippen LogP contribution >= 0.6 is 0 Å². The number of aromatic nitrogens is 2. The summed E-state index contributed by atoms with van der Waals surface area (Å²) in [5.74, 6) is -1.51. The number of allylic oxidation sites excluding steroid dienone is 2. The van der Waals surface area contributed by atoms with E-state index in [1.165, 1.54) is 0 Å². The number of hydrogen-bond donors (Lipinski definition) is 1. The molecular weight excluding hydrogens is 258 g/mol. The van der Waals surface area contributed by atoms with Crippen molar-refractivity contribution < 1.29 is 14.4 Å². The van der Waals surface area contributed by atoms with E-state index in [-0.39, 0.29) is 28.9 Å². The lowest BCUT2D eigenvalue weighted by molar-refractivity contribution is -0.123. The van der Waals surface area contributed by atoms with Crippen LogP contribution in [0.15, 0.2) is 11.8 Å². The molecule has 1 aliphatic rings. The number of amides is 1. The molecule has 0 aromatic carbocycles. The zero-order valence-corrected chi connectivity index (χ0v) is 11.8. The highest BCUT2D eigenvalue weighted by molar-refractivity contribution is 6.23. The third-order valence-electron chi connectivity index (χ3n) is 3.06. The van der Waals surface area contributed by atoms with Gasteiger partial charge in [0.25, 0.3) is 0 Å². The van der Waals surface area contributed by atoms with E-state index in [4.69, 9.17) is 0 Å². The first kappa shape index (κ1) is 14.0. The predicted octanol–water partition coefficient (Wildman–Crippen LogP) is 1.13. The van der Waals surface area contributed by atoms with Crippen molar-refractivity contribution in [3.63, 3.8) is 0 Å². The monoisotopic (exact) mass is 273 g/mol. The lowest BCUT2D eigenvalue weighted by Crippen LogP contribution is -2.34. The summed E-state index contributed by atoms with van der Waals surface area (Å²) in [4.78, 5) is 44.1. The van der Waals surface area contributed by atoms with Gasteiger partial charge < -0.3 is 5.32 Å². The van der Waals surface area contributed by atoms with Gasteiger partial charge in [-0.25, -0.2) is 9.97 Å². The number of aryl methyl sites for hydroxylation is 2. The Morgan fingerprint density at radius 2 is 1.65 bits per heavy atom. The molecule has 1 N–H and O–H groups in total. The van der Waals surface area contributed by atoms with Crippen LogP contribution in [0, 0.1) is 19.8 Å². The molecule has 6 heteroatoms. The second-order valence-corrected chi connectivity index (χ2v) is 4.99. The molecule has 0 unspecified atom stereocenters. The smallest absolute Gasteiger partial charge is 0.230 e. The van der Waals surface area contributed by atoms with Crippen molar-refractivity contribution in [1.29, 1.82) is 0 Å². The van der Waals surface area contributed by atoms with Gasteiger partial charge in [0.2, 0.25) is 17.5 Å². The number of hydrogen-bond acceptors (Lipinski definition) is 5. The molecule has 1 aliphatic carbocycles. The Bertz CT molecular complexity index is 660. The van der Waals surface area contributed by atoms with Crippen LogP contribution in [0.4, 0.5) is 0 Å². The molecule has 1 heterocycles. The lowest BCUT2D eigenvalue weighted by atomic mass is 10.0. The van der Waals surface area contributed by atoms with E-state index >= 15 is 0 Å². The highest BCUT2D eigenvalue weighted by atomic mass is 16.2. The summed E-state index contributed by atoms with van der Waals surface area (Å²) in [6, 6.07) is 0. The number of carbonyl (C=O) groups excluding carboxylic acids is 3. The first-order valence-electron chi connectivity index (χ1n) is 6.28. The van der Waals surface area contributed by atoms with E-state index in [1.807, 2.05) is 0 Å². The quantitative estimate of drug-likeness (QED) is 0.872. The third-order valence-corrected chi connectivity index (χ3v) is 3.06. The minimum atomic E-state index is -0.482. The van der Waals surface area contributed by atoms with Gasteiger partial charge in [0.15, 0.2) is 0 Å². The van der Waals surface area contributed by atoms with Crippen LogP contribution in [0.5, 0.6) is 0 Å². The Morgan fingerprint density at radius 1 is 1.10 bits per heavy atom. The van der Waals surface area contributed by atoms with E-state index in [9.17, 15) is 14.4 Å². The maximum atomic E-state index is 12.2. The summed E-state index contributed by atoms with van der Waals surface area (Å²) in [5.41, 5.74) is 1.19. The van der Waals surface area contributed by atoms with Gasteiger partial charge >= 0.3 is 0 Å². The Morgan fingerprint density at radius 3 is 2.20 bits per heavy atom. The van der Waals surface area contributed by atoms with Crippen molar-refractivity contribution >= 4 is 17.5 Å². The lowest BCUT2D eigenvalue weighted by Gasteiger charge is -2.16. The number of nitrogens with zero attached hydrogens (tertiary/aromatic N) is 2. The highest BCUT2D eigenvalue weighted by Crippen LogP contribution is 2.18. The second kappa shape index (κ2) is 4.96. The third kappa shape index (κ3) is 2.36. The molecule has 1 amide bonds. The van der Waals surface area contributed by atoms with Crippen molar-refractivity contribution in [3.05, 3.63) is 34.5 Å². The Balaban J connectivity index is 2.43. The van der Waals surface area contributed by atoms with Crippen LogP contribution in [0.3, 0.4) is 0 Å². The number of nitrogens with one attached hydrogen (secondary N) is 1. The fraction of sp³-hybridized carbons (Fsp3) is 0.357. The molecule has 2 rings (SSSR count). The average molecular weight is 273 g/mol. The van der Waals surface area contributed by atoms with Crippen molar-refractivity contribution in [2.45, 2.75) is 27.7 Å². The average Bonchev–Trinajstić information content (AvgIpc) is 2.37. The van der Waals surface area contributed by atoms with E-state index in [0.717, 1.165) is 6.08 Å². The first-order valence-corrected chi connectivity index (χ1v) is 6.28. The molecule has 0 bridgehead atoms. The largest absolute Gasteiger partial charge is 0.322 e. The molecular formula is C14H15N3O3. The van der Waals surface area contributed by atoms with E-state index in [1.54, 1.807) is 27.7 Å². The SMILES string of the molecule is Cc1nc2c(nc1C)C(=O)C(NC(=O)C(C)C)=CC2=O. The molecule has 1 aromatic heterocycles. The summed E-state index contributed by atoms with van der Waals surface area (Å²) in [6.07, 6.45) is 1.11. The summed E-state index contributed by atoms with van der Waals surface area (Å²) in [7, 11) is 0. The maximum absolute atomic E-state index is 12.2. The molecule has 6 nitrogen and oxygen atoms in total. The molecule has 1 aromatic rings. The van der Waals surface area contributed by atoms with Gasteiger partial charge in [0.1, 0.15) is 11.4 Å². The van der Waals surface area contributed by atoms with Gasteiger partial charge in [0.05, 0.1) is 17.1 Å². The normalized spacial score (nSPS) is 14.2. The molecule has 0 saturated carbocycles. The highest BCUT2D eigenvalue weighted by Gasteiger charge is 2.30. The first-order chi connectivity index (χ1) is 9.31. The molecule has 104 valence electrons. The fourth-order valence-corrected chi connectivity index (χ4v) is 1.70. The molecule has 0 aliphatic heterocycles. The van der Waals surface area contributed by atoms with Crippen LogP contribution < -0.4 is 5.32 Å². The van der Waals surface area contributed by atoms with Crippen LogP contribution in [0.1, 0.15) is 46.2 Å². The van der Waals surface area contributed by atoms with Crippen molar-refractivity contribution in [3.8, 4) is 0 Å². The molecule has 0 spiro atoms. The molecule has 0 atom stereocenters. The summed E-state index contributed by atoms with van der Waals surface area (Å²) >= 11 is 0. The predicted molar refractivity (Wildman–Crippen MR) is 71.2 cm³/mol. The number of fused-ring (bicyclic) bond motifs is 1. The number of Topliss-reactive ketones (excluding diaryl/α,β-unsaturated/α-hetero) is 1. The van der Waals surface area contributed by atoms with Crippen LogP contribution in [0.2, 0.25) is 0 Å². The topological polar surface area (TPSA) is 89.0 Å². The van der Waals surface area contributed by atoms with E-state index < -0.39 is 11.6 Å². The molecule has 20 heavy (non-hydrogen) atoms. The maximum Gasteiger partial charge on any atom is 0.230 e. The Labute approximate surface area is 116 Å². The minimum absolute atomic E-state index is 0.000318. The second-order valence-electron chi connectivity index (χ2n) is 4.99. The zero-order valence-electron chi connectivity index (χ0n) is 11.8. The number of ketones is 2. The minimum Gasteiger partial charge on any atom is -0.322 e. The Kier molecular flexibility index (Phi) is 3.48. The van der Waals surface area contributed by atoms with Gasteiger partial charge in [-0.2, -0.15) is 0 Å².